The minimum absolute atomic E-state index is 0.358. The van der Waals surface area contributed by atoms with Crippen LogP contribution < -0.4 is 15.4 Å². The van der Waals surface area contributed by atoms with Crippen LogP contribution in [-0.2, 0) is 0 Å². The molecule has 1 heterocycles. The van der Waals surface area contributed by atoms with Crippen molar-refractivity contribution in [3.8, 4) is 5.75 Å². The summed E-state index contributed by atoms with van der Waals surface area (Å²) in [6, 6.07) is 12.1. The number of para-hydroxylation sites is 2. The summed E-state index contributed by atoms with van der Waals surface area (Å²) in [5.41, 5.74) is 1.97. The molecule has 0 aliphatic carbocycles. The predicted molar refractivity (Wildman–Crippen MR) is 104 cm³/mol. The van der Waals surface area contributed by atoms with Gasteiger partial charge in [0, 0.05) is 5.02 Å². The van der Waals surface area contributed by atoms with Gasteiger partial charge in [-0.2, -0.15) is 0 Å². The zero-order valence-corrected chi connectivity index (χ0v) is 15.1. The van der Waals surface area contributed by atoms with E-state index in [1.807, 2.05) is 24.3 Å². The smallest absolute Gasteiger partial charge is 0.325 e. The molecule has 7 heteroatoms. The lowest BCUT2D eigenvalue weighted by Gasteiger charge is -2.13. The van der Waals surface area contributed by atoms with Crippen molar-refractivity contribution in [3.63, 3.8) is 0 Å². The Morgan fingerprint density at radius 1 is 1.15 bits per heavy atom. The molecule has 3 aromatic rings. The summed E-state index contributed by atoms with van der Waals surface area (Å²) in [5.74, 6) is 0.930. The number of carbonyl (C=O) groups excluding carboxylic acids is 1. The first kappa shape index (κ1) is 17.9. The number of fused-ring (bicyclic) bond motifs is 1. The van der Waals surface area contributed by atoms with E-state index in [-0.39, 0.29) is 0 Å². The molecule has 0 aliphatic heterocycles. The number of anilines is 2. The Labute approximate surface area is 156 Å². The first-order valence-corrected chi connectivity index (χ1v) is 8.75. The Bertz CT molecular complexity index is 917. The molecular formula is C19H19ClN4O2. The van der Waals surface area contributed by atoms with Crippen molar-refractivity contribution in [3.05, 3.63) is 53.7 Å². The van der Waals surface area contributed by atoms with Gasteiger partial charge in [-0.15, -0.1) is 0 Å². The topological polar surface area (TPSA) is 76.1 Å². The summed E-state index contributed by atoms with van der Waals surface area (Å²) in [7, 11) is 0. The highest BCUT2D eigenvalue weighted by Crippen LogP contribution is 2.28. The Kier molecular flexibility index (Phi) is 5.86. The van der Waals surface area contributed by atoms with Crippen LogP contribution in [0.15, 0.2) is 48.7 Å². The van der Waals surface area contributed by atoms with Crippen LogP contribution in [0.4, 0.5) is 16.3 Å². The first-order chi connectivity index (χ1) is 12.7. The van der Waals surface area contributed by atoms with Gasteiger partial charge in [0.2, 0.25) is 0 Å². The Hall–Kier alpha value is -2.86. The third-order valence-electron chi connectivity index (χ3n) is 3.64. The molecule has 0 fully saturated rings. The average molecular weight is 371 g/mol. The fraction of sp³-hybridized carbons (Fsp3) is 0.211. The summed E-state index contributed by atoms with van der Waals surface area (Å²) >= 11 is 6.04. The number of urea groups is 1. The lowest BCUT2D eigenvalue weighted by Crippen LogP contribution is -2.20. The van der Waals surface area contributed by atoms with Gasteiger partial charge in [0.15, 0.2) is 5.82 Å². The van der Waals surface area contributed by atoms with E-state index in [0.29, 0.717) is 34.4 Å². The molecule has 0 saturated heterocycles. The number of ether oxygens (including phenoxy) is 1. The molecule has 0 bridgehead atoms. The van der Waals surface area contributed by atoms with Gasteiger partial charge in [-0.05, 0) is 36.8 Å². The summed E-state index contributed by atoms with van der Waals surface area (Å²) in [5, 5.41) is 5.93. The minimum Gasteiger partial charge on any atom is -0.491 e. The molecule has 0 atom stereocenters. The van der Waals surface area contributed by atoms with Crippen LogP contribution in [0.2, 0.25) is 5.02 Å². The molecule has 2 amide bonds. The zero-order chi connectivity index (χ0) is 18.4. The molecule has 134 valence electrons. The van der Waals surface area contributed by atoms with Crippen LogP contribution in [0.25, 0.3) is 11.0 Å². The third-order valence-corrected chi connectivity index (χ3v) is 3.87. The van der Waals surface area contributed by atoms with E-state index in [1.165, 1.54) is 6.20 Å². The molecule has 0 saturated carbocycles. The first-order valence-electron chi connectivity index (χ1n) is 8.38. The number of amides is 2. The molecule has 0 aliphatic rings. The van der Waals surface area contributed by atoms with Crippen LogP contribution in [0.3, 0.4) is 0 Å². The Morgan fingerprint density at radius 2 is 1.96 bits per heavy atom. The van der Waals surface area contributed by atoms with Gasteiger partial charge in [0.25, 0.3) is 0 Å². The second-order valence-electron chi connectivity index (χ2n) is 5.67. The number of benzene rings is 2. The summed E-state index contributed by atoms with van der Waals surface area (Å²) in [6.45, 7) is 2.66. The number of nitrogens with zero attached hydrogens (tertiary/aromatic N) is 2. The molecule has 0 spiro atoms. The zero-order valence-electron chi connectivity index (χ0n) is 14.3. The lowest BCUT2D eigenvalue weighted by molar-refractivity contribution is 0.261. The molecule has 3 rings (SSSR count). The number of hydrogen-bond acceptors (Lipinski definition) is 4. The van der Waals surface area contributed by atoms with E-state index in [9.17, 15) is 4.79 Å². The van der Waals surface area contributed by atoms with Crippen LogP contribution in [0.1, 0.15) is 19.8 Å². The van der Waals surface area contributed by atoms with Crippen molar-refractivity contribution in [1.29, 1.82) is 0 Å². The number of nitrogens with one attached hydrogen (secondary N) is 2. The quantitative estimate of drug-likeness (QED) is 0.591. The fourth-order valence-electron chi connectivity index (χ4n) is 2.34. The van der Waals surface area contributed by atoms with Crippen molar-refractivity contribution < 1.29 is 9.53 Å². The predicted octanol–water partition coefficient (Wildman–Crippen LogP) is 5.11. The monoisotopic (exact) mass is 370 g/mol. The number of hydrogen-bond donors (Lipinski definition) is 2. The van der Waals surface area contributed by atoms with E-state index in [2.05, 4.69) is 27.5 Å². The van der Waals surface area contributed by atoms with Gasteiger partial charge in [0.1, 0.15) is 5.75 Å². The summed E-state index contributed by atoms with van der Waals surface area (Å²) in [4.78, 5) is 21.0. The lowest BCUT2D eigenvalue weighted by atomic mass is 10.3. The van der Waals surface area contributed by atoms with E-state index in [0.717, 1.165) is 18.4 Å². The number of carbonyl (C=O) groups is 1. The average Bonchev–Trinajstić information content (AvgIpc) is 2.63. The SMILES string of the molecule is CCCCOc1ccc(Cl)cc1NC(=O)Nc1cnc2ccccc2n1. The maximum atomic E-state index is 12.3. The number of halogens is 1. The highest BCUT2D eigenvalue weighted by molar-refractivity contribution is 6.31. The number of unbranched alkanes of at least 4 members (excludes halogenated alkanes) is 1. The van der Waals surface area contributed by atoms with Gasteiger partial charge in [0.05, 0.1) is 29.5 Å². The standard InChI is InChI=1S/C19H19ClN4O2/c1-2-3-10-26-17-9-8-13(20)11-16(17)23-19(25)24-18-12-21-14-6-4-5-7-15(14)22-18/h4-9,11-12H,2-3,10H2,1H3,(H2,22,23,24,25). The minimum atomic E-state index is -0.447. The maximum Gasteiger partial charge on any atom is 0.325 e. The van der Waals surface area contributed by atoms with Crippen molar-refractivity contribution in [1.82, 2.24) is 9.97 Å². The highest BCUT2D eigenvalue weighted by Gasteiger charge is 2.10. The number of aromatic nitrogens is 2. The Balaban J connectivity index is 1.71. The van der Waals surface area contributed by atoms with Gasteiger partial charge in [-0.1, -0.05) is 37.1 Å². The van der Waals surface area contributed by atoms with Crippen LogP contribution >= 0.6 is 11.6 Å². The van der Waals surface area contributed by atoms with E-state index < -0.39 is 6.03 Å². The molecule has 26 heavy (non-hydrogen) atoms. The second-order valence-corrected chi connectivity index (χ2v) is 6.10. The Morgan fingerprint density at radius 3 is 2.77 bits per heavy atom. The molecule has 2 N–H and O–H groups in total. The van der Waals surface area contributed by atoms with Crippen molar-refractivity contribution in [2.45, 2.75) is 19.8 Å². The van der Waals surface area contributed by atoms with E-state index in [1.54, 1.807) is 18.2 Å². The molecule has 0 radical (unpaired) electrons. The molecule has 2 aromatic carbocycles. The molecule has 1 aromatic heterocycles. The van der Waals surface area contributed by atoms with Crippen LogP contribution in [-0.4, -0.2) is 22.6 Å². The van der Waals surface area contributed by atoms with Gasteiger partial charge in [-0.3, -0.25) is 10.3 Å². The summed E-state index contributed by atoms with van der Waals surface area (Å²) in [6.07, 6.45) is 3.47. The summed E-state index contributed by atoms with van der Waals surface area (Å²) < 4.78 is 5.71. The van der Waals surface area contributed by atoms with Crippen molar-refractivity contribution in [2.24, 2.45) is 0 Å². The van der Waals surface area contributed by atoms with Gasteiger partial charge >= 0.3 is 6.03 Å². The molecule has 0 unspecified atom stereocenters. The largest absolute Gasteiger partial charge is 0.491 e. The van der Waals surface area contributed by atoms with Crippen LogP contribution in [0.5, 0.6) is 5.75 Å². The molecule has 6 nitrogen and oxygen atoms in total. The third kappa shape index (κ3) is 4.61. The van der Waals surface area contributed by atoms with E-state index >= 15 is 0 Å². The number of rotatable bonds is 6. The normalized spacial score (nSPS) is 10.5. The fourth-order valence-corrected chi connectivity index (χ4v) is 2.51. The second kappa shape index (κ2) is 8.49. The van der Waals surface area contributed by atoms with Gasteiger partial charge in [-0.25, -0.2) is 9.78 Å². The maximum absolute atomic E-state index is 12.3. The van der Waals surface area contributed by atoms with Crippen molar-refractivity contribution >= 4 is 40.2 Å². The van der Waals surface area contributed by atoms with Crippen molar-refractivity contribution in [2.75, 3.05) is 17.2 Å². The van der Waals surface area contributed by atoms with E-state index in [4.69, 9.17) is 16.3 Å². The highest BCUT2D eigenvalue weighted by atomic mass is 35.5. The molecular weight excluding hydrogens is 352 g/mol. The van der Waals surface area contributed by atoms with Gasteiger partial charge < -0.3 is 10.1 Å². The van der Waals surface area contributed by atoms with Crippen LogP contribution in [0, 0.1) is 0 Å².